The summed E-state index contributed by atoms with van der Waals surface area (Å²) in [7, 11) is 0. The molecule has 2 aliphatic heterocycles. The molecule has 3 unspecified atom stereocenters. The molecule has 18 heavy (non-hydrogen) atoms. The lowest BCUT2D eigenvalue weighted by Crippen LogP contribution is -2.45. The van der Waals surface area contributed by atoms with Crippen molar-refractivity contribution in [2.75, 3.05) is 19.6 Å². The Bertz CT molecular complexity index is 459. The largest absolute Gasteiger partial charge is 0.383 e. The first-order valence-electron chi connectivity index (χ1n) is 6.70. The Labute approximate surface area is 113 Å². The number of rotatable bonds is 2. The third-order valence-corrected chi connectivity index (χ3v) is 4.68. The minimum atomic E-state index is -0.801. The monoisotopic (exact) mass is 269 g/mol. The molecule has 100 valence electrons. The van der Waals surface area contributed by atoms with Gasteiger partial charge in [0, 0.05) is 25.0 Å². The van der Waals surface area contributed by atoms with Crippen molar-refractivity contribution in [2.24, 2.45) is 5.92 Å². The number of hydrogen-bond donors (Lipinski definition) is 1. The maximum absolute atomic E-state index is 11.2. The van der Waals surface area contributed by atoms with E-state index in [9.17, 15) is 5.11 Å². The molecule has 3 heterocycles. The second kappa shape index (κ2) is 4.22. The number of nitrogens with zero attached hydrogens (tertiary/aromatic N) is 3. The van der Waals surface area contributed by atoms with Crippen molar-refractivity contribution in [3.05, 3.63) is 16.9 Å². The van der Waals surface area contributed by atoms with E-state index in [2.05, 4.69) is 23.8 Å². The minimum absolute atomic E-state index is 0.218. The van der Waals surface area contributed by atoms with Gasteiger partial charge in [-0.25, -0.2) is 0 Å². The van der Waals surface area contributed by atoms with E-state index in [1.807, 2.05) is 4.68 Å². The fourth-order valence-electron chi connectivity index (χ4n) is 3.41. The van der Waals surface area contributed by atoms with Gasteiger partial charge in [-0.05, 0) is 33.2 Å². The van der Waals surface area contributed by atoms with E-state index in [1.54, 1.807) is 6.20 Å². The molecular formula is C13H20ClN3O. The lowest BCUT2D eigenvalue weighted by molar-refractivity contribution is -0.0576. The first-order valence-corrected chi connectivity index (χ1v) is 7.08. The van der Waals surface area contributed by atoms with Crippen molar-refractivity contribution in [1.82, 2.24) is 14.7 Å². The summed E-state index contributed by atoms with van der Waals surface area (Å²) in [5, 5.41) is 16.1. The average Bonchev–Trinajstić information content (AvgIpc) is 2.90. The highest BCUT2D eigenvalue weighted by atomic mass is 35.5. The van der Waals surface area contributed by atoms with Gasteiger partial charge in [0.2, 0.25) is 0 Å². The molecule has 0 aromatic carbocycles. The van der Waals surface area contributed by atoms with Crippen LogP contribution in [0.2, 0.25) is 5.02 Å². The molecule has 0 amide bonds. The zero-order chi connectivity index (χ0) is 12.9. The van der Waals surface area contributed by atoms with Gasteiger partial charge in [0.05, 0.1) is 16.9 Å². The van der Waals surface area contributed by atoms with Crippen LogP contribution in [-0.4, -0.2) is 39.4 Å². The molecule has 3 atom stereocenters. The maximum Gasteiger partial charge on any atom is 0.113 e. The van der Waals surface area contributed by atoms with Crippen molar-refractivity contribution < 1.29 is 5.11 Å². The number of halogens is 1. The summed E-state index contributed by atoms with van der Waals surface area (Å²) in [4.78, 5) is 2.42. The van der Waals surface area contributed by atoms with Crippen molar-refractivity contribution in [2.45, 2.75) is 38.3 Å². The number of aliphatic hydroxyl groups is 1. The Morgan fingerprint density at radius 1 is 1.50 bits per heavy atom. The van der Waals surface area contributed by atoms with Crippen molar-refractivity contribution >= 4 is 11.6 Å². The highest BCUT2D eigenvalue weighted by Crippen LogP contribution is 2.45. The molecule has 4 nitrogen and oxygen atoms in total. The molecule has 1 aromatic heterocycles. The SMILES string of the molecule is CC(C)n1ncc(Cl)c1C1(O)CCN2CCC1C2. The molecular weight excluding hydrogens is 250 g/mol. The summed E-state index contributed by atoms with van der Waals surface area (Å²) < 4.78 is 1.89. The molecule has 2 fully saturated rings. The molecule has 3 rings (SSSR count). The summed E-state index contributed by atoms with van der Waals surface area (Å²) in [6.45, 7) is 7.17. The van der Waals surface area contributed by atoms with Gasteiger partial charge in [0.1, 0.15) is 5.60 Å². The number of aromatic nitrogens is 2. The molecule has 2 saturated heterocycles. The molecule has 1 N–H and O–H groups in total. The molecule has 5 heteroatoms. The third-order valence-electron chi connectivity index (χ3n) is 4.41. The predicted molar refractivity (Wildman–Crippen MR) is 70.7 cm³/mol. The molecule has 0 spiro atoms. The van der Waals surface area contributed by atoms with Crippen LogP contribution in [0.25, 0.3) is 0 Å². The summed E-state index contributed by atoms with van der Waals surface area (Å²) in [5.41, 5.74) is 0.0240. The van der Waals surface area contributed by atoms with Gasteiger partial charge >= 0.3 is 0 Å². The van der Waals surface area contributed by atoms with E-state index in [4.69, 9.17) is 11.6 Å². The van der Waals surface area contributed by atoms with Crippen LogP contribution >= 0.6 is 11.6 Å². The average molecular weight is 270 g/mol. The minimum Gasteiger partial charge on any atom is -0.383 e. The first kappa shape index (κ1) is 12.5. The van der Waals surface area contributed by atoms with Crippen LogP contribution in [0.15, 0.2) is 6.20 Å². The van der Waals surface area contributed by atoms with Gasteiger partial charge in [-0.3, -0.25) is 4.68 Å². The van der Waals surface area contributed by atoms with E-state index >= 15 is 0 Å². The number of hydrogen-bond acceptors (Lipinski definition) is 3. The van der Waals surface area contributed by atoms with Crippen LogP contribution in [0.3, 0.4) is 0 Å². The highest BCUT2D eigenvalue weighted by Gasteiger charge is 2.49. The van der Waals surface area contributed by atoms with Gasteiger partial charge in [-0.1, -0.05) is 11.6 Å². The zero-order valence-corrected chi connectivity index (χ0v) is 11.7. The van der Waals surface area contributed by atoms with E-state index in [-0.39, 0.29) is 12.0 Å². The Balaban J connectivity index is 2.05. The van der Waals surface area contributed by atoms with Gasteiger partial charge in [0.15, 0.2) is 0 Å². The molecule has 0 aliphatic carbocycles. The van der Waals surface area contributed by atoms with Crippen molar-refractivity contribution in [3.8, 4) is 0 Å². The normalized spacial score (nSPS) is 35.4. The second-order valence-electron chi connectivity index (χ2n) is 5.84. The summed E-state index contributed by atoms with van der Waals surface area (Å²) >= 11 is 6.29. The topological polar surface area (TPSA) is 41.3 Å². The first-order chi connectivity index (χ1) is 8.52. The second-order valence-corrected chi connectivity index (χ2v) is 6.25. The van der Waals surface area contributed by atoms with Crippen LogP contribution < -0.4 is 0 Å². The molecule has 0 radical (unpaired) electrons. The molecule has 2 bridgehead atoms. The van der Waals surface area contributed by atoms with Gasteiger partial charge in [-0.15, -0.1) is 0 Å². The third kappa shape index (κ3) is 1.70. The standard InChI is InChI=1S/C13H20ClN3O/c1-9(2)17-12(11(14)7-15-17)13(18)4-6-16-5-3-10(13)8-16/h7,9-10,18H,3-6,8H2,1-2H3. The van der Waals surface area contributed by atoms with Gasteiger partial charge in [0.25, 0.3) is 0 Å². The van der Waals surface area contributed by atoms with Crippen LogP contribution in [0.1, 0.15) is 38.4 Å². The zero-order valence-electron chi connectivity index (χ0n) is 10.9. The fraction of sp³-hybridized carbons (Fsp3) is 0.769. The summed E-state index contributed by atoms with van der Waals surface area (Å²) in [6.07, 6.45) is 3.47. The van der Waals surface area contributed by atoms with E-state index < -0.39 is 5.60 Å². The quantitative estimate of drug-likeness (QED) is 0.893. The Morgan fingerprint density at radius 3 is 3.00 bits per heavy atom. The number of piperidine rings is 1. The van der Waals surface area contributed by atoms with Gasteiger partial charge in [-0.2, -0.15) is 5.10 Å². The van der Waals surface area contributed by atoms with Crippen molar-refractivity contribution in [1.29, 1.82) is 0 Å². The molecule has 0 saturated carbocycles. The Morgan fingerprint density at radius 2 is 2.28 bits per heavy atom. The van der Waals surface area contributed by atoms with Crippen LogP contribution in [0.4, 0.5) is 0 Å². The predicted octanol–water partition coefficient (Wildman–Crippen LogP) is 2.03. The van der Waals surface area contributed by atoms with Gasteiger partial charge < -0.3 is 10.0 Å². The summed E-state index contributed by atoms with van der Waals surface area (Å²) in [5.74, 6) is 0.290. The van der Waals surface area contributed by atoms with Crippen LogP contribution in [0.5, 0.6) is 0 Å². The van der Waals surface area contributed by atoms with Crippen LogP contribution in [0, 0.1) is 5.92 Å². The maximum atomic E-state index is 11.2. The van der Waals surface area contributed by atoms with E-state index in [0.717, 1.165) is 38.2 Å². The molecule has 2 aliphatic rings. The Kier molecular flexibility index (Phi) is 2.92. The smallest absolute Gasteiger partial charge is 0.113 e. The highest BCUT2D eigenvalue weighted by molar-refractivity contribution is 6.31. The lowest BCUT2D eigenvalue weighted by atomic mass is 9.79. The van der Waals surface area contributed by atoms with Crippen molar-refractivity contribution in [3.63, 3.8) is 0 Å². The number of fused-ring (bicyclic) bond motifs is 2. The Hall–Kier alpha value is -0.580. The van der Waals surface area contributed by atoms with E-state index in [1.165, 1.54) is 0 Å². The molecule has 1 aromatic rings. The van der Waals surface area contributed by atoms with Crippen LogP contribution in [-0.2, 0) is 5.60 Å². The summed E-state index contributed by atoms with van der Waals surface area (Å²) in [6, 6.07) is 0.218. The van der Waals surface area contributed by atoms with E-state index in [0.29, 0.717) is 5.02 Å². The fourth-order valence-corrected chi connectivity index (χ4v) is 3.70. The lowest BCUT2D eigenvalue weighted by Gasteiger charge is -2.39.